The Kier molecular flexibility index (Phi) is 5.18. The van der Waals surface area contributed by atoms with E-state index in [1.54, 1.807) is 0 Å². The highest BCUT2D eigenvalue weighted by Gasteiger charge is 2.42. The standard InChI is InChI=1S/C10H10F7N3O/c1-2-18-8-19-5(10(15,16)17)3-6(20-8)21-4-9(13,14)7(11)12/h3,7H,2,4H2,1H3,(H,18,19,20). The number of nitrogens with one attached hydrogen (secondary N) is 1. The van der Waals surface area contributed by atoms with Gasteiger partial charge in [-0.2, -0.15) is 26.9 Å². The van der Waals surface area contributed by atoms with E-state index in [0.717, 1.165) is 0 Å². The summed E-state index contributed by atoms with van der Waals surface area (Å²) in [7, 11) is 0. The summed E-state index contributed by atoms with van der Waals surface area (Å²) in [4.78, 5) is 6.49. The molecular weight excluding hydrogens is 311 g/mol. The predicted molar refractivity (Wildman–Crippen MR) is 57.6 cm³/mol. The van der Waals surface area contributed by atoms with Crippen molar-refractivity contribution in [1.82, 2.24) is 9.97 Å². The molecule has 0 radical (unpaired) electrons. The first-order chi connectivity index (χ1) is 9.56. The maximum absolute atomic E-state index is 12.7. The largest absolute Gasteiger partial charge is 0.471 e. The second kappa shape index (κ2) is 6.31. The lowest BCUT2D eigenvalue weighted by Crippen LogP contribution is -2.34. The van der Waals surface area contributed by atoms with Gasteiger partial charge in [0, 0.05) is 12.6 Å². The van der Waals surface area contributed by atoms with Crippen molar-refractivity contribution in [2.24, 2.45) is 0 Å². The third-order valence-electron chi connectivity index (χ3n) is 2.06. The van der Waals surface area contributed by atoms with E-state index in [0.29, 0.717) is 0 Å². The number of anilines is 1. The van der Waals surface area contributed by atoms with Crippen molar-refractivity contribution in [1.29, 1.82) is 0 Å². The number of halogens is 7. The van der Waals surface area contributed by atoms with E-state index in [2.05, 4.69) is 20.0 Å². The van der Waals surface area contributed by atoms with Gasteiger partial charge in [-0.25, -0.2) is 13.8 Å². The summed E-state index contributed by atoms with van der Waals surface area (Å²) in [6.07, 6.45) is -8.87. The van der Waals surface area contributed by atoms with Crippen LogP contribution in [0.15, 0.2) is 6.07 Å². The fraction of sp³-hybridized carbons (Fsp3) is 0.600. The van der Waals surface area contributed by atoms with Crippen LogP contribution in [0.4, 0.5) is 36.7 Å². The topological polar surface area (TPSA) is 47.0 Å². The van der Waals surface area contributed by atoms with Crippen molar-refractivity contribution in [3.05, 3.63) is 11.8 Å². The van der Waals surface area contributed by atoms with Gasteiger partial charge in [-0.3, -0.25) is 0 Å². The molecule has 1 heterocycles. The zero-order valence-corrected chi connectivity index (χ0v) is 10.5. The molecule has 1 aromatic heterocycles. The molecule has 120 valence electrons. The second-order valence-corrected chi connectivity index (χ2v) is 3.79. The first kappa shape index (κ1) is 17.2. The Labute approximate surface area is 114 Å². The molecule has 1 rings (SSSR count). The predicted octanol–water partition coefficient (Wildman–Crippen LogP) is 3.21. The van der Waals surface area contributed by atoms with E-state index in [4.69, 9.17) is 0 Å². The average Bonchev–Trinajstić information content (AvgIpc) is 2.35. The van der Waals surface area contributed by atoms with Gasteiger partial charge in [0.1, 0.15) is 0 Å². The lowest BCUT2D eigenvalue weighted by Gasteiger charge is -2.16. The molecule has 0 spiro atoms. The summed E-state index contributed by atoms with van der Waals surface area (Å²) < 4.78 is 91.1. The quantitative estimate of drug-likeness (QED) is 0.818. The van der Waals surface area contributed by atoms with Gasteiger partial charge in [0.15, 0.2) is 12.3 Å². The first-order valence-electron chi connectivity index (χ1n) is 5.55. The third kappa shape index (κ3) is 4.90. The number of alkyl halides is 7. The van der Waals surface area contributed by atoms with Crippen LogP contribution in [0.1, 0.15) is 12.6 Å². The Morgan fingerprint density at radius 2 is 1.81 bits per heavy atom. The zero-order valence-electron chi connectivity index (χ0n) is 10.5. The first-order valence-corrected chi connectivity index (χ1v) is 5.55. The fourth-order valence-corrected chi connectivity index (χ4v) is 1.11. The maximum Gasteiger partial charge on any atom is 0.433 e. The molecule has 0 saturated carbocycles. The van der Waals surface area contributed by atoms with Crippen LogP contribution in [-0.4, -0.2) is 35.5 Å². The second-order valence-electron chi connectivity index (χ2n) is 3.79. The summed E-state index contributed by atoms with van der Waals surface area (Å²) in [6.45, 7) is -0.104. The van der Waals surface area contributed by atoms with Crippen molar-refractivity contribution < 1.29 is 35.5 Å². The Balaban J connectivity index is 2.98. The van der Waals surface area contributed by atoms with Crippen molar-refractivity contribution in [2.45, 2.75) is 25.4 Å². The number of nitrogens with zero attached hydrogens (tertiary/aromatic N) is 2. The van der Waals surface area contributed by atoms with Crippen molar-refractivity contribution >= 4 is 5.95 Å². The van der Waals surface area contributed by atoms with Crippen LogP contribution in [-0.2, 0) is 6.18 Å². The normalized spacial score (nSPS) is 12.6. The Hall–Kier alpha value is -1.81. The molecule has 0 saturated heterocycles. The number of ether oxygens (including phenoxy) is 1. The molecule has 11 heteroatoms. The molecule has 0 aliphatic carbocycles. The minimum absolute atomic E-state index is 0.161. The molecule has 1 N–H and O–H groups in total. The number of rotatable bonds is 6. The van der Waals surface area contributed by atoms with E-state index < -0.39 is 42.7 Å². The van der Waals surface area contributed by atoms with E-state index in [1.165, 1.54) is 6.92 Å². The molecule has 21 heavy (non-hydrogen) atoms. The number of hydrogen-bond donors (Lipinski definition) is 1. The molecule has 1 aromatic rings. The molecule has 0 fully saturated rings. The van der Waals surface area contributed by atoms with Gasteiger partial charge in [-0.15, -0.1) is 0 Å². The van der Waals surface area contributed by atoms with Gasteiger partial charge in [-0.1, -0.05) is 0 Å². The minimum atomic E-state index is -4.86. The van der Waals surface area contributed by atoms with Gasteiger partial charge in [-0.05, 0) is 6.92 Å². The summed E-state index contributed by atoms with van der Waals surface area (Å²) in [5, 5.41) is 2.34. The van der Waals surface area contributed by atoms with Crippen molar-refractivity contribution in [2.75, 3.05) is 18.5 Å². The van der Waals surface area contributed by atoms with Gasteiger partial charge < -0.3 is 10.1 Å². The molecule has 0 amide bonds. The summed E-state index contributed by atoms with van der Waals surface area (Å²) in [5.41, 5.74) is -1.44. The maximum atomic E-state index is 12.7. The summed E-state index contributed by atoms with van der Waals surface area (Å²) in [5.74, 6) is -5.89. The van der Waals surface area contributed by atoms with Crippen LogP contribution in [0, 0.1) is 0 Å². The molecule has 0 aliphatic heterocycles. The molecule has 0 aromatic carbocycles. The number of hydrogen-bond acceptors (Lipinski definition) is 4. The SMILES string of the molecule is CCNc1nc(OCC(F)(F)C(F)F)cc(C(F)(F)F)n1. The molecule has 0 atom stereocenters. The summed E-state index contributed by atoms with van der Waals surface area (Å²) >= 11 is 0. The van der Waals surface area contributed by atoms with Gasteiger partial charge >= 0.3 is 18.5 Å². The molecule has 0 bridgehead atoms. The van der Waals surface area contributed by atoms with Crippen LogP contribution < -0.4 is 10.1 Å². The van der Waals surface area contributed by atoms with Crippen LogP contribution in [0.25, 0.3) is 0 Å². The minimum Gasteiger partial charge on any atom is -0.471 e. The van der Waals surface area contributed by atoms with E-state index in [9.17, 15) is 30.7 Å². The Morgan fingerprint density at radius 1 is 1.19 bits per heavy atom. The van der Waals surface area contributed by atoms with Gasteiger partial charge in [0.05, 0.1) is 0 Å². The number of aromatic nitrogens is 2. The highest BCUT2D eigenvalue weighted by Crippen LogP contribution is 2.31. The lowest BCUT2D eigenvalue weighted by molar-refractivity contribution is -0.149. The molecular formula is C10H10F7N3O. The van der Waals surface area contributed by atoms with Crippen LogP contribution in [0.3, 0.4) is 0 Å². The fourth-order valence-electron chi connectivity index (χ4n) is 1.11. The lowest BCUT2D eigenvalue weighted by atomic mass is 10.3. The third-order valence-corrected chi connectivity index (χ3v) is 2.06. The Bertz CT molecular complexity index is 478. The van der Waals surface area contributed by atoms with Crippen LogP contribution >= 0.6 is 0 Å². The smallest absolute Gasteiger partial charge is 0.433 e. The van der Waals surface area contributed by atoms with E-state index in [1.807, 2.05) is 0 Å². The van der Waals surface area contributed by atoms with E-state index >= 15 is 0 Å². The van der Waals surface area contributed by atoms with Gasteiger partial charge in [0.25, 0.3) is 0 Å². The average molecular weight is 321 g/mol. The zero-order chi connectivity index (χ0) is 16.3. The monoisotopic (exact) mass is 321 g/mol. The highest BCUT2D eigenvalue weighted by atomic mass is 19.4. The molecule has 0 aliphatic rings. The summed E-state index contributed by atoms with van der Waals surface area (Å²) in [6, 6.07) is 0.252. The molecule has 0 unspecified atom stereocenters. The van der Waals surface area contributed by atoms with Crippen molar-refractivity contribution in [3.8, 4) is 5.88 Å². The van der Waals surface area contributed by atoms with Crippen LogP contribution in [0.2, 0.25) is 0 Å². The Morgan fingerprint density at radius 3 is 2.29 bits per heavy atom. The highest BCUT2D eigenvalue weighted by molar-refractivity contribution is 5.31. The van der Waals surface area contributed by atoms with Gasteiger partial charge in [0.2, 0.25) is 11.8 Å². The van der Waals surface area contributed by atoms with Crippen LogP contribution in [0.5, 0.6) is 5.88 Å². The van der Waals surface area contributed by atoms with Crippen molar-refractivity contribution in [3.63, 3.8) is 0 Å². The molecule has 4 nitrogen and oxygen atoms in total. The van der Waals surface area contributed by atoms with E-state index in [-0.39, 0.29) is 12.6 Å².